The molecule has 164 valence electrons. The van der Waals surface area contributed by atoms with Gasteiger partial charge < -0.3 is 20.1 Å². The fourth-order valence-corrected chi connectivity index (χ4v) is 4.06. The lowest BCUT2D eigenvalue weighted by atomic mass is 10.2. The van der Waals surface area contributed by atoms with Gasteiger partial charge in [0.1, 0.15) is 0 Å². The Morgan fingerprint density at radius 1 is 1.19 bits per heavy atom. The number of fused-ring (bicyclic) bond motifs is 1. The van der Waals surface area contributed by atoms with Crippen molar-refractivity contribution in [2.75, 3.05) is 31.6 Å². The SMILES string of the molecule is Cn1cc(CCCN=C(NCCc2cccs2)Nc2ccc3c(c2)OCCCO3)cn1. The van der Waals surface area contributed by atoms with Crippen molar-refractivity contribution in [3.8, 4) is 11.5 Å². The van der Waals surface area contributed by atoms with Crippen molar-refractivity contribution < 1.29 is 9.47 Å². The van der Waals surface area contributed by atoms with Crippen LogP contribution in [0.15, 0.2) is 53.1 Å². The third-order valence-electron chi connectivity index (χ3n) is 4.91. The summed E-state index contributed by atoms with van der Waals surface area (Å²) >= 11 is 1.78. The number of aliphatic imine (C=N–C) groups is 1. The predicted octanol–water partition coefficient (Wildman–Crippen LogP) is 3.88. The van der Waals surface area contributed by atoms with Gasteiger partial charge in [0.05, 0.1) is 19.4 Å². The Balaban J connectivity index is 1.37. The Hall–Kier alpha value is -3.00. The number of benzene rings is 1. The third kappa shape index (κ3) is 6.49. The molecule has 1 aliphatic rings. The summed E-state index contributed by atoms with van der Waals surface area (Å²) in [6, 6.07) is 10.2. The van der Waals surface area contributed by atoms with Crippen LogP contribution in [-0.2, 0) is 19.9 Å². The number of aromatic nitrogens is 2. The van der Waals surface area contributed by atoms with Gasteiger partial charge in [-0.25, -0.2) is 0 Å². The number of nitrogens with one attached hydrogen (secondary N) is 2. The number of anilines is 1. The first-order valence-corrected chi connectivity index (χ1v) is 11.6. The highest BCUT2D eigenvalue weighted by Gasteiger charge is 2.11. The highest BCUT2D eigenvalue weighted by molar-refractivity contribution is 7.09. The highest BCUT2D eigenvalue weighted by atomic mass is 32.1. The minimum Gasteiger partial charge on any atom is -0.490 e. The monoisotopic (exact) mass is 439 g/mol. The van der Waals surface area contributed by atoms with Gasteiger partial charge in [0, 0.05) is 49.4 Å². The average Bonchev–Trinajstić information content (AvgIpc) is 3.37. The van der Waals surface area contributed by atoms with Crippen LogP contribution in [0, 0.1) is 0 Å². The zero-order chi connectivity index (χ0) is 21.3. The molecule has 0 fully saturated rings. The van der Waals surface area contributed by atoms with E-state index in [1.54, 1.807) is 11.3 Å². The number of rotatable bonds is 8. The van der Waals surface area contributed by atoms with E-state index in [9.17, 15) is 0 Å². The molecule has 0 spiro atoms. The molecule has 0 atom stereocenters. The molecule has 0 amide bonds. The molecule has 0 unspecified atom stereocenters. The highest BCUT2D eigenvalue weighted by Crippen LogP contribution is 2.32. The summed E-state index contributed by atoms with van der Waals surface area (Å²) in [4.78, 5) is 6.15. The second-order valence-electron chi connectivity index (χ2n) is 7.45. The van der Waals surface area contributed by atoms with Crippen LogP contribution < -0.4 is 20.1 Å². The van der Waals surface area contributed by atoms with Crippen molar-refractivity contribution in [3.63, 3.8) is 0 Å². The Bertz CT molecular complexity index is 984. The lowest BCUT2D eigenvalue weighted by Crippen LogP contribution is -2.32. The van der Waals surface area contributed by atoms with Crippen LogP contribution in [-0.4, -0.2) is 42.0 Å². The van der Waals surface area contributed by atoms with Crippen LogP contribution >= 0.6 is 11.3 Å². The van der Waals surface area contributed by atoms with Crippen molar-refractivity contribution >= 4 is 23.0 Å². The van der Waals surface area contributed by atoms with Crippen LogP contribution in [0.3, 0.4) is 0 Å². The molecule has 0 saturated carbocycles. The summed E-state index contributed by atoms with van der Waals surface area (Å²) in [7, 11) is 1.94. The molecule has 3 heterocycles. The zero-order valence-electron chi connectivity index (χ0n) is 17.8. The molecular formula is C23H29N5O2S. The molecule has 31 heavy (non-hydrogen) atoms. The molecule has 0 radical (unpaired) electrons. The number of aryl methyl sites for hydroxylation is 2. The van der Waals surface area contributed by atoms with Gasteiger partial charge in [0.2, 0.25) is 0 Å². The first-order chi connectivity index (χ1) is 15.3. The molecule has 7 nitrogen and oxygen atoms in total. The summed E-state index contributed by atoms with van der Waals surface area (Å²) in [5.74, 6) is 2.35. The molecule has 4 rings (SSSR count). The zero-order valence-corrected chi connectivity index (χ0v) is 18.7. The number of nitrogens with zero attached hydrogens (tertiary/aromatic N) is 3. The summed E-state index contributed by atoms with van der Waals surface area (Å²) in [5, 5.41) is 13.2. The quantitative estimate of drug-likeness (QED) is 0.317. The number of hydrogen-bond acceptors (Lipinski definition) is 5. The number of thiophene rings is 1. The van der Waals surface area contributed by atoms with E-state index in [4.69, 9.17) is 14.5 Å². The number of ether oxygens (including phenoxy) is 2. The van der Waals surface area contributed by atoms with Crippen LogP contribution in [0.25, 0.3) is 0 Å². The smallest absolute Gasteiger partial charge is 0.195 e. The van der Waals surface area contributed by atoms with E-state index in [0.29, 0.717) is 13.2 Å². The van der Waals surface area contributed by atoms with Crippen molar-refractivity contribution in [2.24, 2.45) is 12.0 Å². The molecular weight excluding hydrogens is 410 g/mol. The van der Waals surface area contributed by atoms with Gasteiger partial charge in [0.15, 0.2) is 17.5 Å². The van der Waals surface area contributed by atoms with Crippen molar-refractivity contribution in [2.45, 2.75) is 25.7 Å². The minimum atomic E-state index is 0.671. The van der Waals surface area contributed by atoms with Gasteiger partial charge in [-0.15, -0.1) is 11.3 Å². The molecule has 0 aliphatic carbocycles. The molecule has 0 saturated heterocycles. The molecule has 2 aromatic heterocycles. The van der Waals surface area contributed by atoms with Gasteiger partial charge in [-0.1, -0.05) is 6.07 Å². The molecule has 1 aliphatic heterocycles. The second kappa shape index (κ2) is 10.9. The standard InChI is InChI=1S/C23H29N5O2S/c1-28-17-18(16-26-28)5-2-10-24-23(25-11-9-20-6-3-14-31-20)27-19-7-8-21-22(15-19)30-13-4-12-29-21/h3,6-8,14-17H,2,4-5,9-13H2,1H3,(H2,24,25,27). The van der Waals surface area contributed by atoms with Crippen LogP contribution in [0.4, 0.5) is 5.69 Å². The maximum atomic E-state index is 5.82. The lowest BCUT2D eigenvalue weighted by molar-refractivity contribution is 0.297. The van der Waals surface area contributed by atoms with Gasteiger partial charge in [-0.2, -0.15) is 5.10 Å². The van der Waals surface area contributed by atoms with E-state index < -0.39 is 0 Å². The summed E-state index contributed by atoms with van der Waals surface area (Å²) < 4.78 is 13.4. The molecule has 0 bridgehead atoms. The summed E-state index contributed by atoms with van der Waals surface area (Å²) in [5.41, 5.74) is 2.17. The number of guanidine groups is 1. The molecule has 2 N–H and O–H groups in total. The third-order valence-corrected chi connectivity index (χ3v) is 5.84. The Morgan fingerprint density at radius 2 is 2.10 bits per heavy atom. The van der Waals surface area contributed by atoms with Crippen LogP contribution in [0.5, 0.6) is 11.5 Å². The van der Waals surface area contributed by atoms with E-state index in [0.717, 1.165) is 61.9 Å². The van der Waals surface area contributed by atoms with E-state index in [1.165, 1.54) is 10.4 Å². The Labute approximate surface area is 187 Å². The van der Waals surface area contributed by atoms with Crippen LogP contribution in [0.2, 0.25) is 0 Å². The van der Waals surface area contributed by atoms with Crippen molar-refractivity contribution in [1.29, 1.82) is 0 Å². The Kier molecular flexibility index (Phi) is 7.44. The van der Waals surface area contributed by atoms with Gasteiger partial charge in [-0.3, -0.25) is 9.67 Å². The van der Waals surface area contributed by atoms with Crippen molar-refractivity contribution in [1.82, 2.24) is 15.1 Å². The first kappa shape index (κ1) is 21.2. The molecule has 3 aromatic rings. The van der Waals surface area contributed by atoms with E-state index in [2.05, 4.69) is 39.4 Å². The maximum absolute atomic E-state index is 5.82. The average molecular weight is 440 g/mol. The van der Waals surface area contributed by atoms with Gasteiger partial charge >= 0.3 is 0 Å². The Morgan fingerprint density at radius 3 is 2.90 bits per heavy atom. The minimum absolute atomic E-state index is 0.671. The fourth-order valence-electron chi connectivity index (χ4n) is 3.35. The summed E-state index contributed by atoms with van der Waals surface area (Å²) in [6.07, 6.45) is 7.76. The lowest BCUT2D eigenvalue weighted by Gasteiger charge is -2.14. The van der Waals surface area contributed by atoms with E-state index >= 15 is 0 Å². The molecule has 1 aromatic carbocycles. The number of hydrogen-bond donors (Lipinski definition) is 2. The predicted molar refractivity (Wildman–Crippen MR) is 126 cm³/mol. The summed E-state index contributed by atoms with van der Waals surface area (Å²) in [6.45, 7) is 2.91. The van der Waals surface area contributed by atoms with Crippen LogP contribution in [0.1, 0.15) is 23.3 Å². The maximum Gasteiger partial charge on any atom is 0.195 e. The van der Waals surface area contributed by atoms with Crippen molar-refractivity contribution in [3.05, 3.63) is 58.5 Å². The van der Waals surface area contributed by atoms with Gasteiger partial charge in [0.25, 0.3) is 0 Å². The molecule has 8 heteroatoms. The van der Waals surface area contributed by atoms with E-state index in [1.807, 2.05) is 36.1 Å². The van der Waals surface area contributed by atoms with E-state index in [-0.39, 0.29) is 0 Å². The second-order valence-corrected chi connectivity index (χ2v) is 8.48. The van der Waals surface area contributed by atoms with Gasteiger partial charge in [-0.05, 0) is 48.4 Å². The first-order valence-electron chi connectivity index (χ1n) is 10.7. The largest absolute Gasteiger partial charge is 0.490 e. The topological polar surface area (TPSA) is 72.7 Å². The fraction of sp³-hybridized carbons (Fsp3) is 0.391. The normalized spacial score (nSPS) is 13.6.